The summed E-state index contributed by atoms with van der Waals surface area (Å²) in [5.41, 5.74) is 2.21. The van der Waals surface area contributed by atoms with Crippen LogP contribution in [-0.4, -0.2) is 23.1 Å². The maximum atomic E-state index is 4.67. The summed E-state index contributed by atoms with van der Waals surface area (Å²) in [7, 11) is 0. The molecule has 0 amide bonds. The zero-order valence-electron chi connectivity index (χ0n) is 10.5. The molecule has 0 radical (unpaired) electrons. The minimum absolute atomic E-state index is 0.367. The van der Waals surface area contributed by atoms with Crippen LogP contribution in [0.5, 0.6) is 0 Å². The fraction of sp³-hybridized carbons (Fsp3) is 0.667. The van der Waals surface area contributed by atoms with Gasteiger partial charge in [0.15, 0.2) is 5.82 Å². The molecular weight excluding hydrogens is 200 g/mol. The number of rotatable bonds is 2. The third kappa shape index (κ3) is 1.96. The second kappa shape index (κ2) is 4.28. The first-order chi connectivity index (χ1) is 7.59. The summed E-state index contributed by atoms with van der Waals surface area (Å²) in [5.74, 6) is 2.68. The summed E-state index contributed by atoms with van der Waals surface area (Å²) < 4.78 is 0. The van der Waals surface area contributed by atoms with Crippen molar-refractivity contribution in [3.8, 4) is 0 Å². The van der Waals surface area contributed by atoms with Gasteiger partial charge in [-0.25, -0.2) is 9.97 Å². The van der Waals surface area contributed by atoms with E-state index in [-0.39, 0.29) is 0 Å². The number of aromatic nitrogens is 2. The van der Waals surface area contributed by atoms with Crippen LogP contribution < -0.4 is 10.6 Å². The molecule has 1 aliphatic heterocycles. The number of nitrogens with zero attached hydrogens (tertiary/aromatic N) is 2. The molecule has 0 aromatic carbocycles. The van der Waals surface area contributed by atoms with Gasteiger partial charge in [0, 0.05) is 19.0 Å². The van der Waals surface area contributed by atoms with E-state index in [9.17, 15) is 0 Å². The molecular formula is C12H20N4. The number of hydrogen-bond donors (Lipinski definition) is 2. The second-order valence-corrected chi connectivity index (χ2v) is 4.85. The van der Waals surface area contributed by atoms with Crippen LogP contribution in [-0.2, 0) is 0 Å². The largest absolute Gasteiger partial charge is 0.379 e. The lowest BCUT2D eigenvalue weighted by atomic mass is 10.1. The third-order valence-corrected chi connectivity index (χ3v) is 2.74. The van der Waals surface area contributed by atoms with Crippen LogP contribution in [0, 0.1) is 0 Å². The maximum absolute atomic E-state index is 4.67. The monoisotopic (exact) mass is 220 g/mol. The quantitative estimate of drug-likeness (QED) is 0.804. The van der Waals surface area contributed by atoms with Crippen molar-refractivity contribution >= 4 is 11.5 Å². The first kappa shape index (κ1) is 11.2. The molecule has 2 rings (SSSR count). The summed E-state index contributed by atoms with van der Waals surface area (Å²) in [6, 6.07) is 0. The van der Waals surface area contributed by atoms with Gasteiger partial charge in [0.05, 0.1) is 11.4 Å². The molecule has 1 aromatic rings. The highest BCUT2D eigenvalue weighted by Crippen LogP contribution is 2.31. The molecule has 0 unspecified atom stereocenters. The van der Waals surface area contributed by atoms with Crippen LogP contribution in [0.25, 0.3) is 0 Å². The van der Waals surface area contributed by atoms with Gasteiger partial charge in [-0.15, -0.1) is 0 Å². The van der Waals surface area contributed by atoms with Crippen LogP contribution in [0.3, 0.4) is 0 Å². The summed E-state index contributed by atoms with van der Waals surface area (Å²) in [6.07, 6.45) is 0. The highest BCUT2D eigenvalue weighted by Gasteiger charge is 2.19. The Morgan fingerprint density at radius 2 is 1.62 bits per heavy atom. The zero-order valence-corrected chi connectivity index (χ0v) is 10.5. The van der Waals surface area contributed by atoms with Crippen molar-refractivity contribution < 1.29 is 0 Å². The van der Waals surface area contributed by atoms with E-state index in [2.05, 4.69) is 48.3 Å². The SMILES string of the molecule is CC(C)c1nc2c(c(C(C)C)n1)NCCN2. The van der Waals surface area contributed by atoms with Crippen molar-refractivity contribution in [3.05, 3.63) is 11.5 Å². The van der Waals surface area contributed by atoms with Crippen LogP contribution in [0.2, 0.25) is 0 Å². The first-order valence-corrected chi connectivity index (χ1v) is 5.99. The molecule has 88 valence electrons. The van der Waals surface area contributed by atoms with Crippen LogP contribution in [0.15, 0.2) is 0 Å². The predicted octanol–water partition coefficient (Wildman–Crippen LogP) is 2.56. The lowest BCUT2D eigenvalue weighted by molar-refractivity contribution is 0.728. The molecule has 0 bridgehead atoms. The number of nitrogens with one attached hydrogen (secondary N) is 2. The molecule has 1 aliphatic rings. The fourth-order valence-corrected chi connectivity index (χ4v) is 1.84. The molecule has 2 heterocycles. The van der Waals surface area contributed by atoms with Crippen molar-refractivity contribution in [2.75, 3.05) is 23.7 Å². The lowest BCUT2D eigenvalue weighted by Crippen LogP contribution is -2.24. The minimum atomic E-state index is 0.367. The normalized spacial score (nSPS) is 14.6. The molecule has 4 heteroatoms. The zero-order chi connectivity index (χ0) is 11.7. The topological polar surface area (TPSA) is 49.8 Å². The molecule has 0 spiro atoms. The third-order valence-electron chi connectivity index (χ3n) is 2.74. The summed E-state index contributed by atoms with van der Waals surface area (Å²) in [5, 5.41) is 6.73. The van der Waals surface area contributed by atoms with Gasteiger partial charge in [0.25, 0.3) is 0 Å². The number of hydrogen-bond acceptors (Lipinski definition) is 4. The second-order valence-electron chi connectivity index (χ2n) is 4.85. The van der Waals surface area contributed by atoms with Gasteiger partial charge in [0.2, 0.25) is 0 Å². The van der Waals surface area contributed by atoms with Gasteiger partial charge in [-0.2, -0.15) is 0 Å². The Balaban J connectivity index is 2.52. The summed E-state index contributed by atoms with van der Waals surface area (Å²) in [4.78, 5) is 9.24. The van der Waals surface area contributed by atoms with Crippen molar-refractivity contribution in [2.24, 2.45) is 0 Å². The molecule has 2 N–H and O–H groups in total. The average Bonchev–Trinajstić information content (AvgIpc) is 2.27. The van der Waals surface area contributed by atoms with E-state index in [0.29, 0.717) is 11.8 Å². The Kier molecular flexibility index (Phi) is 2.99. The molecule has 0 fully saturated rings. The van der Waals surface area contributed by atoms with Gasteiger partial charge < -0.3 is 10.6 Å². The van der Waals surface area contributed by atoms with Gasteiger partial charge in [-0.05, 0) is 5.92 Å². The van der Waals surface area contributed by atoms with E-state index in [1.807, 2.05) is 0 Å². The van der Waals surface area contributed by atoms with Crippen molar-refractivity contribution in [2.45, 2.75) is 39.5 Å². The van der Waals surface area contributed by atoms with Gasteiger partial charge >= 0.3 is 0 Å². The Morgan fingerprint density at radius 1 is 0.938 bits per heavy atom. The Bertz CT molecular complexity index is 385. The van der Waals surface area contributed by atoms with Crippen molar-refractivity contribution in [1.29, 1.82) is 0 Å². The average molecular weight is 220 g/mol. The van der Waals surface area contributed by atoms with Gasteiger partial charge in [-0.1, -0.05) is 27.7 Å². The Labute approximate surface area is 96.9 Å². The number of fused-ring (bicyclic) bond motifs is 1. The lowest BCUT2D eigenvalue weighted by Gasteiger charge is -2.24. The van der Waals surface area contributed by atoms with E-state index >= 15 is 0 Å². The molecule has 1 aromatic heterocycles. The van der Waals surface area contributed by atoms with E-state index in [1.54, 1.807) is 0 Å². The predicted molar refractivity (Wildman–Crippen MR) is 67.2 cm³/mol. The van der Waals surface area contributed by atoms with Gasteiger partial charge in [-0.3, -0.25) is 0 Å². The Morgan fingerprint density at radius 3 is 2.25 bits per heavy atom. The molecule has 0 aliphatic carbocycles. The van der Waals surface area contributed by atoms with Crippen LogP contribution in [0.1, 0.15) is 51.0 Å². The maximum Gasteiger partial charge on any atom is 0.153 e. The molecule has 4 nitrogen and oxygen atoms in total. The highest BCUT2D eigenvalue weighted by atomic mass is 15.1. The fourth-order valence-electron chi connectivity index (χ4n) is 1.84. The molecule has 0 saturated heterocycles. The van der Waals surface area contributed by atoms with E-state index in [0.717, 1.165) is 36.1 Å². The van der Waals surface area contributed by atoms with Crippen LogP contribution >= 0.6 is 0 Å². The van der Waals surface area contributed by atoms with Gasteiger partial charge in [0.1, 0.15) is 5.82 Å². The summed E-state index contributed by atoms with van der Waals surface area (Å²) in [6.45, 7) is 10.5. The Hall–Kier alpha value is -1.32. The van der Waals surface area contributed by atoms with E-state index < -0.39 is 0 Å². The molecule has 16 heavy (non-hydrogen) atoms. The first-order valence-electron chi connectivity index (χ1n) is 5.99. The van der Waals surface area contributed by atoms with E-state index in [1.165, 1.54) is 0 Å². The standard InChI is InChI=1S/C12H20N4/c1-7(2)9-10-12(14-6-5-13-10)16-11(15-9)8(3)4/h7-8,13H,5-6H2,1-4H3,(H,14,15,16). The van der Waals surface area contributed by atoms with Crippen LogP contribution in [0.4, 0.5) is 11.5 Å². The number of anilines is 2. The van der Waals surface area contributed by atoms with Crippen molar-refractivity contribution in [3.63, 3.8) is 0 Å². The van der Waals surface area contributed by atoms with E-state index in [4.69, 9.17) is 0 Å². The molecule has 0 saturated carbocycles. The smallest absolute Gasteiger partial charge is 0.153 e. The minimum Gasteiger partial charge on any atom is -0.379 e. The molecule has 0 atom stereocenters. The van der Waals surface area contributed by atoms with Crippen molar-refractivity contribution in [1.82, 2.24) is 9.97 Å². The highest BCUT2D eigenvalue weighted by molar-refractivity contribution is 5.69. The summed E-state index contributed by atoms with van der Waals surface area (Å²) >= 11 is 0.